The minimum atomic E-state index is -4.47. The van der Waals surface area contributed by atoms with Gasteiger partial charge in [0.05, 0.1) is 0 Å². The molecule has 3 rings (SSSR count). The number of hydrogen-bond acceptors (Lipinski definition) is 5. The maximum atomic E-state index is 14.8. The highest BCUT2D eigenvalue weighted by Gasteiger charge is 2.60. The lowest BCUT2D eigenvalue weighted by Crippen LogP contribution is -2.55. The number of anilines is 1. The second-order valence-electron chi connectivity index (χ2n) is 4.71. The van der Waals surface area contributed by atoms with Crippen molar-refractivity contribution in [2.75, 3.05) is 4.92 Å². The van der Waals surface area contributed by atoms with Crippen LogP contribution in [0.3, 0.4) is 0 Å². The van der Waals surface area contributed by atoms with E-state index in [4.69, 9.17) is 0 Å². The van der Waals surface area contributed by atoms with Gasteiger partial charge in [-0.05, 0) is 17.1 Å². The lowest BCUT2D eigenvalue weighted by Gasteiger charge is -2.27. The molecule has 2 aromatic carbocycles. The second-order valence-corrected chi connectivity index (χ2v) is 4.71. The van der Waals surface area contributed by atoms with Crippen LogP contribution in [0, 0.1) is 10.1 Å². The molecular weight excluding hydrogens is 307 g/mol. The summed E-state index contributed by atoms with van der Waals surface area (Å²) in [7, 11) is 0. The zero-order chi connectivity index (χ0) is 16.4. The molecule has 0 saturated carbocycles. The predicted molar refractivity (Wildman–Crippen MR) is 80.1 cm³/mol. The molecule has 7 nitrogen and oxygen atoms in total. The minimum Gasteiger partial charge on any atom is -0.390 e. The van der Waals surface area contributed by atoms with Crippen LogP contribution in [0.4, 0.5) is 20.0 Å². The molecule has 116 valence electrons. The molecule has 1 heterocycles. The van der Waals surface area contributed by atoms with Crippen LogP contribution in [0.1, 0.15) is 0 Å². The largest absolute Gasteiger partial charge is 0.802 e. The van der Waals surface area contributed by atoms with E-state index in [1.54, 1.807) is 36.4 Å². The van der Waals surface area contributed by atoms with Crippen LogP contribution in [-0.4, -0.2) is 22.5 Å². The van der Waals surface area contributed by atoms with E-state index < -0.39 is 17.9 Å². The Kier molecular flexibility index (Phi) is 3.57. The van der Waals surface area contributed by atoms with Crippen LogP contribution < -0.4 is 4.92 Å². The van der Waals surface area contributed by atoms with Crippen LogP contribution in [0.5, 0.6) is 0 Å². The van der Waals surface area contributed by atoms with Crippen molar-refractivity contribution in [1.82, 2.24) is 0 Å². The molecule has 0 amide bonds. The molecule has 0 N–H and O–H groups in total. The van der Waals surface area contributed by atoms with Crippen molar-refractivity contribution in [3.05, 3.63) is 70.8 Å². The van der Waals surface area contributed by atoms with Gasteiger partial charge in [0.25, 0.3) is 0 Å². The Morgan fingerprint density at radius 3 is 2.17 bits per heavy atom. The normalized spacial score (nSPS) is 16.5. The summed E-state index contributed by atoms with van der Waals surface area (Å²) in [5.74, 6) is -0.912. The molecule has 0 saturated heterocycles. The Morgan fingerprint density at radius 2 is 1.61 bits per heavy atom. The Hall–Kier alpha value is -3.17. The van der Waals surface area contributed by atoms with Crippen LogP contribution in [-0.2, 0) is 0 Å². The van der Waals surface area contributed by atoms with Gasteiger partial charge in [-0.2, -0.15) is 0 Å². The molecule has 1 aliphatic rings. The molecule has 0 aliphatic carbocycles. The SMILES string of the molecule is O=[N+]([O-])C1=NN(c2ccccc2)[B-](F)(F)[N+](c2ccccc2)=N1. The molecule has 0 atom stereocenters. The maximum absolute atomic E-state index is 14.8. The number of halogens is 2. The van der Waals surface area contributed by atoms with Gasteiger partial charge in [0.2, 0.25) is 0 Å². The number of benzene rings is 2. The topological polar surface area (TPSA) is 74.1 Å². The highest BCUT2D eigenvalue weighted by Crippen LogP contribution is 2.32. The third-order valence-electron chi connectivity index (χ3n) is 3.19. The maximum Gasteiger partial charge on any atom is 0.802 e. The fourth-order valence-electron chi connectivity index (χ4n) is 2.16. The van der Waals surface area contributed by atoms with Crippen molar-refractivity contribution in [2.45, 2.75) is 0 Å². The summed E-state index contributed by atoms with van der Waals surface area (Å²) < 4.78 is 30.0. The summed E-state index contributed by atoms with van der Waals surface area (Å²) in [5, 5.41) is 17.8. The van der Waals surface area contributed by atoms with Crippen molar-refractivity contribution in [3.8, 4) is 0 Å². The minimum absolute atomic E-state index is 0.0349. The number of hydrogen-bond donors (Lipinski definition) is 0. The van der Waals surface area contributed by atoms with Gasteiger partial charge in [-0.1, -0.05) is 36.4 Å². The molecule has 1 aliphatic heterocycles. The first-order valence-electron chi connectivity index (χ1n) is 6.66. The molecular formula is C13H10BF2N5O2. The van der Waals surface area contributed by atoms with Crippen LogP contribution >= 0.6 is 0 Å². The van der Waals surface area contributed by atoms with Gasteiger partial charge in [-0.15, -0.1) is 4.61 Å². The van der Waals surface area contributed by atoms with E-state index in [0.29, 0.717) is 9.53 Å². The summed E-state index contributed by atoms with van der Waals surface area (Å²) in [4.78, 5) is 10.4. The Balaban J connectivity index is 2.16. The fourth-order valence-corrected chi connectivity index (χ4v) is 2.16. The van der Waals surface area contributed by atoms with Gasteiger partial charge < -0.3 is 18.7 Å². The van der Waals surface area contributed by atoms with E-state index in [0.717, 1.165) is 0 Å². The van der Waals surface area contributed by atoms with E-state index in [-0.39, 0.29) is 11.4 Å². The zero-order valence-electron chi connectivity index (χ0n) is 11.7. The quantitative estimate of drug-likeness (QED) is 0.485. The molecule has 2 aromatic rings. The molecule has 0 spiro atoms. The summed E-state index contributed by atoms with van der Waals surface area (Å²) in [5.41, 5.74) is 0.0698. The first-order valence-corrected chi connectivity index (χ1v) is 6.66. The summed E-state index contributed by atoms with van der Waals surface area (Å²) in [6, 6.07) is 15.0. The highest BCUT2D eigenvalue weighted by atomic mass is 19.2. The van der Waals surface area contributed by atoms with Gasteiger partial charge in [0.15, 0.2) is 10.8 Å². The fraction of sp³-hybridized carbons (Fsp3) is 0. The van der Waals surface area contributed by atoms with Crippen molar-refractivity contribution >= 4 is 24.3 Å². The van der Waals surface area contributed by atoms with Gasteiger partial charge in [-0.25, -0.2) is 4.92 Å². The third kappa shape index (κ3) is 2.66. The highest BCUT2D eigenvalue weighted by molar-refractivity contribution is 6.62. The summed E-state index contributed by atoms with van der Waals surface area (Å²) in [6.07, 6.45) is 0. The third-order valence-corrected chi connectivity index (χ3v) is 3.19. The van der Waals surface area contributed by atoms with Crippen LogP contribution in [0.15, 0.2) is 70.9 Å². The average Bonchev–Trinajstić information content (AvgIpc) is 2.55. The van der Waals surface area contributed by atoms with E-state index in [1.165, 1.54) is 24.3 Å². The van der Waals surface area contributed by atoms with E-state index in [9.17, 15) is 18.7 Å². The molecule has 0 aromatic heterocycles. The van der Waals surface area contributed by atoms with Crippen molar-refractivity contribution in [1.29, 1.82) is 0 Å². The lowest BCUT2D eigenvalue weighted by molar-refractivity contribution is -0.428. The molecule has 10 heteroatoms. The monoisotopic (exact) mass is 317 g/mol. The molecule has 0 unspecified atom stereocenters. The Morgan fingerprint density at radius 1 is 1.04 bits per heavy atom. The molecule has 0 bridgehead atoms. The van der Waals surface area contributed by atoms with E-state index in [2.05, 4.69) is 10.2 Å². The number of rotatable bonds is 2. The van der Waals surface area contributed by atoms with Crippen molar-refractivity contribution in [3.63, 3.8) is 0 Å². The van der Waals surface area contributed by atoms with Crippen LogP contribution in [0.2, 0.25) is 0 Å². The molecule has 0 fully saturated rings. The Labute approximate surface area is 129 Å². The molecule has 23 heavy (non-hydrogen) atoms. The van der Waals surface area contributed by atoms with Gasteiger partial charge >= 0.3 is 12.9 Å². The second kappa shape index (κ2) is 5.56. The van der Waals surface area contributed by atoms with Gasteiger partial charge in [-0.3, -0.25) is 0 Å². The van der Waals surface area contributed by atoms with E-state index >= 15 is 0 Å². The number of azo groups is 1. The molecule has 0 radical (unpaired) electrons. The van der Waals surface area contributed by atoms with Crippen molar-refractivity contribution in [2.24, 2.45) is 10.2 Å². The van der Waals surface area contributed by atoms with E-state index in [1.807, 2.05) is 0 Å². The van der Waals surface area contributed by atoms with Gasteiger partial charge in [0.1, 0.15) is 0 Å². The predicted octanol–water partition coefficient (Wildman–Crippen LogP) is 3.23. The van der Waals surface area contributed by atoms with Gasteiger partial charge in [0, 0.05) is 22.9 Å². The summed E-state index contributed by atoms with van der Waals surface area (Å²) in [6.45, 7) is -4.47. The Bertz CT molecular complexity index is 799. The average molecular weight is 317 g/mol. The first kappa shape index (κ1) is 14.8. The van der Waals surface area contributed by atoms with Crippen LogP contribution in [0.25, 0.3) is 0 Å². The smallest absolute Gasteiger partial charge is 0.390 e. The standard InChI is InChI=1S/C13H10BF2N5O2/c15-14(16)19(11-7-3-1-4-8-11)17-13(21(22)23)18-20(14)12-9-5-2-6-10-12/h1-10H. The van der Waals surface area contributed by atoms with Crippen molar-refractivity contribution < 1.29 is 18.2 Å². The zero-order valence-corrected chi connectivity index (χ0v) is 11.7. The number of guanidine groups is 1. The summed E-state index contributed by atoms with van der Waals surface area (Å²) >= 11 is 0. The number of nitrogens with zero attached hydrogens (tertiary/aromatic N) is 5. The number of para-hydroxylation sites is 2. The first-order chi connectivity index (χ1) is 11.0. The number of hydrazone groups is 1. The lowest BCUT2D eigenvalue weighted by atomic mass is 9.94. The number of nitro groups is 1.